The minimum atomic E-state index is 0.0838. The van der Waals surface area contributed by atoms with Crippen molar-refractivity contribution in [3.63, 3.8) is 0 Å². The van der Waals surface area contributed by atoms with Gasteiger partial charge in [0.2, 0.25) is 0 Å². The van der Waals surface area contributed by atoms with Crippen molar-refractivity contribution in [1.29, 1.82) is 5.26 Å². The average Bonchev–Trinajstić information content (AvgIpc) is 3.33. The first-order chi connectivity index (χ1) is 12.3. The van der Waals surface area contributed by atoms with Gasteiger partial charge in [-0.3, -0.25) is 10.00 Å². The number of fused-ring (bicyclic) bond motifs is 1. The summed E-state index contributed by atoms with van der Waals surface area (Å²) in [5.74, 6) is 1.14. The molecule has 128 valence electrons. The predicted octanol–water partition coefficient (Wildman–Crippen LogP) is 1.93. The summed E-state index contributed by atoms with van der Waals surface area (Å²) in [6.07, 6.45) is 6.58. The van der Waals surface area contributed by atoms with Crippen molar-refractivity contribution in [3.8, 4) is 6.07 Å². The number of H-pyrrole nitrogens is 1. The van der Waals surface area contributed by atoms with Crippen molar-refractivity contribution in [2.45, 2.75) is 25.0 Å². The van der Waals surface area contributed by atoms with Crippen molar-refractivity contribution in [3.05, 3.63) is 53.9 Å². The van der Waals surface area contributed by atoms with E-state index in [0.29, 0.717) is 6.54 Å². The van der Waals surface area contributed by atoms with Crippen LogP contribution in [0.3, 0.4) is 0 Å². The van der Waals surface area contributed by atoms with Gasteiger partial charge < -0.3 is 9.14 Å². The number of rotatable bonds is 5. The number of likely N-dealkylation sites (N-methyl/N-ethyl adjacent to an activating group) is 1. The lowest BCUT2D eigenvalue weighted by atomic mass is 10.0. The van der Waals surface area contributed by atoms with E-state index in [9.17, 15) is 5.26 Å². The van der Waals surface area contributed by atoms with E-state index >= 15 is 0 Å². The highest BCUT2D eigenvalue weighted by molar-refractivity contribution is 5.65. The zero-order valence-electron chi connectivity index (χ0n) is 14.1. The van der Waals surface area contributed by atoms with Gasteiger partial charge in [-0.05, 0) is 25.6 Å². The van der Waals surface area contributed by atoms with Crippen LogP contribution in [0.15, 0.2) is 36.9 Å². The summed E-state index contributed by atoms with van der Waals surface area (Å²) in [6, 6.07) is 8.25. The van der Waals surface area contributed by atoms with Crippen molar-refractivity contribution >= 4 is 5.52 Å². The molecule has 3 aromatic rings. The Hall–Kier alpha value is -2.69. The maximum atomic E-state index is 9.54. The Kier molecular flexibility index (Phi) is 4.22. The summed E-state index contributed by atoms with van der Waals surface area (Å²) in [4.78, 5) is 6.49. The van der Waals surface area contributed by atoms with Crippen molar-refractivity contribution in [1.82, 2.24) is 24.5 Å². The molecule has 1 aliphatic rings. The standard InChI is InChI=1S/C18H20N6O/c1-23(11-17-14(5-7-25-17)18-20-12-21-22-18)9-13-10-24-6-3-2-4-16(24)15(13)8-19/h2-4,6,10,12,14,17H,5,7,9,11H2,1H3,(H,20,21,22)/t14-,17-/m1/s1. The van der Waals surface area contributed by atoms with Gasteiger partial charge in [-0.2, -0.15) is 10.4 Å². The molecule has 1 aliphatic heterocycles. The van der Waals surface area contributed by atoms with Gasteiger partial charge in [0.25, 0.3) is 0 Å². The Morgan fingerprint density at radius 1 is 1.48 bits per heavy atom. The lowest BCUT2D eigenvalue weighted by molar-refractivity contribution is 0.0711. The molecule has 7 nitrogen and oxygen atoms in total. The molecule has 0 saturated carbocycles. The molecule has 0 bridgehead atoms. The Bertz CT molecular complexity index is 894. The van der Waals surface area contributed by atoms with Crippen molar-refractivity contribution in [2.24, 2.45) is 0 Å². The van der Waals surface area contributed by atoms with Crippen LogP contribution in [0.5, 0.6) is 0 Å². The molecule has 3 aromatic heterocycles. The van der Waals surface area contributed by atoms with Gasteiger partial charge in [-0.1, -0.05) is 6.07 Å². The molecule has 7 heteroatoms. The van der Waals surface area contributed by atoms with E-state index in [1.807, 2.05) is 35.0 Å². The van der Waals surface area contributed by atoms with Crippen LogP contribution in [0.2, 0.25) is 0 Å². The number of nitrogens with zero attached hydrogens (tertiary/aromatic N) is 5. The second kappa shape index (κ2) is 6.67. The van der Waals surface area contributed by atoms with Crippen LogP contribution in [0.4, 0.5) is 0 Å². The van der Waals surface area contributed by atoms with Gasteiger partial charge in [0.1, 0.15) is 18.2 Å². The molecule has 0 aliphatic carbocycles. The smallest absolute Gasteiger partial charge is 0.137 e. The largest absolute Gasteiger partial charge is 0.376 e. The van der Waals surface area contributed by atoms with Crippen LogP contribution in [0, 0.1) is 11.3 Å². The molecule has 0 unspecified atom stereocenters. The van der Waals surface area contributed by atoms with Crippen LogP contribution in [-0.2, 0) is 11.3 Å². The third-order valence-corrected chi connectivity index (χ3v) is 4.80. The van der Waals surface area contributed by atoms with Gasteiger partial charge in [0, 0.05) is 43.6 Å². The third-order valence-electron chi connectivity index (χ3n) is 4.80. The minimum absolute atomic E-state index is 0.0838. The SMILES string of the molecule is CN(Cc1cn2ccccc2c1C#N)C[C@H]1OCC[C@H]1c1ncn[nH]1. The second-order valence-corrected chi connectivity index (χ2v) is 6.51. The fraction of sp³-hybridized carbons (Fsp3) is 0.389. The molecule has 4 rings (SSSR count). The van der Waals surface area contributed by atoms with Crippen LogP contribution in [-0.4, -0.2) is 50.8 Å². The predicted molar refractivity (Wildman–Crippen MR) is 91.9 cm³/mol. The summed E-state index contributed by atoms with van der Waals surface area (Å²) >= 11 is 0. The first-order valence-electron chi connectivity index (χ1n) is 8.40. The van der Waals surface area contributed by atoms with Gasteiger partial charge in [0.15, 0.2) is 0 Å². The number of hydrogen-bond acceptors (Lipinski definition) is 5. The fourth-order valence-electron chi connectivity index (χ4n) is 3.62. The second-order valence-electron chi connectivity index (χ2n) is 6.51. The zero-order valence-corrected chi connectivity index (χ0v) is 14.1. The van der Waals surface area contributed by atoms with E-state index in [2.05, 4.69) is 33.2 Å². The zero-order chi connectivity index (χ0) is 17.2. The number of aromatic amines is 1. The van der Waals surface area contributed by atoms with Gasteiger partial charge in [-0.15, -0.1) is 0 Å². The van der Waals surface area contributed by atoms with E-state index in [0.717, 1.165) is 42.0 Å². The molecule has 0 amide bonds. The number of nitrogens with one attached hydrogen (secondary N) is 1. The summed E-state index contributed by atoms with van der Waals surface area (Å²) in [7, 11) is 2.06. The normalized spacial score (nSPS) is 20.4. The number of nitriles is 1. The van der Waals surface area contributed by atoms with Crippen LogP contribution in [0.1, 0.15) is 29.3 Å². The Labute approximate surface area is 145 Å². The summed E-state index contributed by atoms with van der Waals surface area (Å²) in [5, 5.41) is 16.5. The molecule has 1 N–H and O–H groups in total. The Balaban J connectivity index is 1.49. The quantitative estimate of drug-likeness (QED) is 0.770. The third kappa shape index (κ3) is 3.02. The lowest BCUT2D eigenvalue weighted by Crippen LogP contribution is -2.32. The Morgan fingerprint density at radius 3 is 3.20 bits per heavy atom. The maximum Gasteiger partial charge on any atom is 0.137 e. The van der Waals surface area contributed by atoms with Crippen LogP contribution in [0.25, 0.3) is 5.52 Å². The van der Waals surface area contributed by atoms with Gasteiger partial charge in [0.05, 0.1) is 17.2 Å². The van der Waals surface area contributed by atoms with Gasteiger partial charge in [-0.25, -0.2) is 4.98 Å². The highest BCUT2D eigenvalue weighted by Gasteiger charge is 2.32. The van der Waals surface area contributed by atoms with Crippen LogP contribution >= 0.6 is 0 Å². The molecule has 2 atom stereocenters. The summed E-state index contributed by atoms with van der Waals surface area (Å²) in [6.45, 7) is 2.22. The molecular formula is C18H20N6O. The summed E-state index contributed by atoms with van der Waals surface area (Å²) in [5.41, 5.74) is 2.72. The van der Waals surface area contributed by atoms with Gasteiger partial charge >= 0.3 is 0 Å². The fourth-order valence-corrected chi connectivity index (χ4v) is 3.62. The Morgan fingerprint density at radius 2 is 2.40 bits per heavy atom. The van der Waals surface area contributed by atoms with E-state index in [-0.39, 0.29) is 12.0 Å². The van der Waals surface area contributed by atoms with E-state index in [1.165, 1.54) is 0 Å². The number of aromatic nitrogens is 4. The van der Waals surface area contributed by atoms with E-state index in [1.54, 1.807) is 6.33 Å². The molecule has 25 heavy (non-hydrogen) atoms. The highest BCUT2D eigenvalue weighted by Crippen LogP contribution is 2.29. The first-order valence-corrected chi connectivity index (χ1v) is 8.40. The molecule has 1 fully saturated rings. The molecule has 0 spiro atoms. The maximum absolute atomic E-state index is 9.54. The monoisotopic (exact) mass is 336 g/mol. The molecule has 1 saturated heterocycles. The summed E-state index contributed by atoms with van der Waals surface area (Å²) < 4.78 is 7.92. The van der Waals surface area contributed by atoms with E-state index < -0.39 is 0 Å². The number of ether oxygens (including phenoxy) is 1. The molecule has 4 heterocycles. The first kappa shape index (κ1) is 15.8. The number of hydrogen-bond donors (Lipinski definition) is 1. The average molecular weight is 336 g/mol. The van der Waals surface area contributed by atoms with E-state index in [4.69, 9.17) is 4.74 Å². The van der Waals surface area contributed by atoms with Crippen LogP contribution < -0.4 is 0 Å². The lowest BCUT2D eigenvalue weighted by Gasteiger charge is -2.23. The molecule has 0 aromatic carbocycles. The van der Waals surface area contributed by atoms with Crippen molar-refractivity contribution < 1.29 is 4.74 Å². The molecular weight excluding hydrogens is 316 g/mol. The topological polar surface area (TPSA) is 82.2 Å². The number of pyridine rings is 1. The minimum Gasteiger partial charge on any atom is -0.376 e. The highest BCUT2D eigenvalue weighted by atomic mass is 16.5. The molecule has 0 radical (unpaired) electrons. The van der Waals surface area contributed by atoms with Crippen molar-refractivity contribution in [2.75, 3.05) is 20.2 Å².